The Labute approximate surface area is 138 Å². The summed E-state index contributed by atoms with van der Waals surface area (Å²) < 4.78 is 12.8. The summed E-state index contributed by atoms with van der Waals surface area (Å²) in [6.45, 7) is 1.09. The van der Waals surface area contributed by atoms with E-state index in [0.717, 1.165) is 5.56 Å². The van der Waals surface area contributed by atoms with Crippen LogP contribution in [0.4, 0.5) is 10.1 Å². The second-order valence-electron chi connectivity index (χ2n) is 4.73. The monoisotopic (exact) mass is 340 g/mol. The topological polar surface area (TPSA) is 41.1 Å². The van der Waals surface area contributed by atoms with Crippen molar-refractivity contribution in [1.82, 2.24) is 5.32 Å². The number of benzene rings is 2. The van der Waals surface area contributed by atoms with Crippen LogP contribution in [0.5, 0.6) is 0 Å². The maximum Gasteiger partial charge on any atom is 0.225 e. The first kappa shape index (κ1) is 16.7. The number of anilines is 1. The van der Waals surface area contributed by atoms with Gasteiger partial charge in [-0.15, -0.1) is 0 Å². The predicted molar refractivity (Wildman–Crippen MR) is 87.8 cm³/mol. The molecular weight excluding hydrogens is 326 g/mol. The average molecular weight is 341 g/mol. The molecule has 0 heterocycles. The fraction of sp³-hybridized carbons (Fsp3) is 0.188. The van der Waals surface area contributed by atoms with Crippen LogP contribution in [0.1, 0.15) is 12.0 Å². The van der Waals surface area contributed by atoms with Crippen LogP contribution >= 0.6 is 23.2 Å². The number of halogens is 3. The molecule has 0 aromatic heterocycles. The lowest BCUT2D eigenvalue weighted by atomic mass is 10.2. The Morgan fingerprint density at radius 3 is 2.50 bits per heavy atom. The normalized spacial score (nSPS) is 10.5. The number of carbonyl (C=O) groups is 1. The minimum absolute atomic E-state index is 0.143. The highest BCUT2D eigenvalue weighted by Crippen LogP contribution is 2.25. The molecule has 0 atom stereocenters. The van der Waals surface area contributed by atoms with Gasteiger partial charge in [-0.25, -0.2) is 4.39 Å². The molecule has 0 spiro atoms. The van der Waals surface area contributed by atoms with Gasteiger partial charge in [0.1, 0.15) is 5.82 Å². The minimum Gasteiger partial charge on any atom is -0.325 e. The van der Waals surface area contributed by atoms with Crippen molar-refractivity contribution >= 4 is 34.8 Å². The van der Waals surface area contributed by atoms with E-state index in [1.165, 1.54) is 12.1 Å². The first-order valence-corrected chi connectivity index (χ1v) is 7.50. The molecule has 2 aromatic rings. The summed E-state index contributed by atoms with van der Waals surface area (Å²) in [5.41, 5.74) is 1.50. The standard InChI is InChI=1S/C16H15Cl2FN2O/c17-12-3-6-15(14(18)9-12)21-16(22)7-8-20-10-11-1-4-13(19)5-2-11/h1-6,9,20H,7-8,10H2,(H,21,22). The van der Waals surface area contributed by atoms with Gasteiger partial charge < -0.3 is 10.6 Å². The largest absolute Gasteiger partial charge is 0.325 e. The molecular formula is C16H15Cl2FN2O. The van der Waals surface area contributed by atoms with Crippen LogP contribution in [0, 0.1) is 5.82 Å². The fourth-order valence-corrected chi connectivity index (χ4v) is 2.30. The first-order valence-electron chi connectivity index (χ1n) is 6.74. The number of rotatable bonds is 6. The number of hydrogen-bond acceptors (Lipinski definition) is 2. The summed E-state index contributed by atoms with van der Waals surface area (Å²) in [7, 11) is 0. The van der Waals surface area contributed by atoms with E-state index in [2.05, 4.69) is 10.6 Å². The third-order valence-corrected chi connectivity index (χ3v) is 3.52. The molecule has 6 heteroatoms. The summed E-state index contributed by atoms with van der Waals surface area (Å²) in [4.78, 5) is 11.8. The number of hydrogen-bond donors (Lipinski definition) is 2. The second-order valence-corrected chi connectivity index (χ2v) is 5.57. The van der Waals surface area contributed by atoms with E-state index in [4.69, 9.17) is 23.2 Å². The predicted octanol–water partition coefficient (Wildman–Crippen LogP) is 4.25. The lowest BCUT2D eigenvalue weighted by Gasteiger charge is -2.08. The molecule has 3 nitrogen and oxygen atoms in total. The van der Waals surface area contributed by atoms with Crippen LogP contribution in [-0.4, -0.2) is 12.5 Å². The van der Waals surface area contributed by atoms with E-state index >= 15 is 0 Å². The summed E-state index contributed by atoms with van der Waals surface area (Å²) in [5.74, 6) is -0.404. The van der Waals surface area contributed by atoms with Crippen molar-refractivity contribution in [2.45, 2.75) is 13.0 Å². The molecule has 0 fully saturated rings. The Morgan fingerprint density at radius 1 is 1.09 bits per heavy atom. The summed E-state index contributed by atoms with van der Waals surface area (Å²) in [6, 6.07) is 11.1. The van der Waals surface area contributed by atoms with Crippen LogP contribution in [0.3, 0.4) is 0 Å². The highest BCUT2D eigenvalue weighted by atomic mass is 35.5. The zero-order valence-electron chi connectivity index (χ0n) is 11.7. The molecule has 0 unspecified atom stereocenters. The number of nitrogens with one attached hydrogen (secondary N) is 2. The number of amides is 1. The fourth-order valence-electron chi connectivity index (χ4n) is 1.84. The molecule has 116 valence electrons. The summed E-state index contributed by atoms with van der Waals surface area (Å²) >= 11 is 11.8. The molecule has 2 rings (SSSR count). The van der Waals surface area contributed by atoms with Gasteiger partial charge in [0, 0.05) is 24.5 Å². The van der Waals surface area contributed by atoms with E-state index in [0.29, 0.717) is 35.2 Å². The van der Waals surface area contributed by atoms with Crippen LogP contribution in [-0.2, 0) is 11.3 Å². The molecule has 0 radical (unpaired) electrons. The molecule has 0 saturated heterocycles. The van der Waals surface area contributed by atoms with Gasteiger partial charge in [-0.1, -0.05) is 35.3 Å². The molecule has 0 aliphatic heterocycles. The number of carbonyl (C=O) groups excluding carboxylic acids is 1. The zero-order valence-corrected chi connectivity index (χ0v) is 13.2. The third kappa shape index (κ3) is 5.30. The van der Waals surface area contributed by atoms with Crippen molar-refractivity contribution < 1.29 is 9.18 Å². The second kappa shape index (κ2) is 8.13. The molecule has 0 saturated carbocycles. The highest BCUT2D eigenvalue weighted by Gasteiger charge is 2.06. The molecule has 0 bridgehead atoms. The first-order chi connectivity index (χ1) is 10.5. The van der Waals surface area contributed by atoms with Crippen molar-refractivity contribution in [1.29, 1.82) is 0 Å². The maximum atomic E-state index is 12.8. The van der Waals surface area contributed by atoms with Gasteiger partial charge in [-0.05, 0) is 35.9 Å². The van der Waals surface area contributed by atoms with Crippen molar-refractivity contribution in [2.24, 2.45) is 0 Å². The van der Waals surface area contributed by atoms with Crippen molar-refractivity contribution in [3.63, 3.8) is 0 Å². The van der Waals surface area contributed by atoms with Crippen molar-refractivity contribution in [3.8, 4) is 0 Å². The summed E-state index contributed by atoms with van der Waals surface area (Å²) in [6.07, 6.45) is 0.306. The Bertz CT molecular complexity index is 647. The summed E-state index contributed by atoms with van der Waals surface area (Å²) in [5, 5.41) is 6.77. The molecule has 0 aliphatic carbocycles. The van der Waals surface area contributed by atoms with E-state index in [-0.39, 0.29) is 11.7 Å². The van der Waals surface area contributed by atoms with Gasteiger partial charge in [0.2, 0.25) is 5.91 Å². The van der Waals surface area contributed by atoms with E-state index in [1.54, 1.807) is 30.3 Å². The van der Waals surface area contributed by atoms with Crippen molar-refractivity contribution in [2.75, 3.05) is 11.9 Å². The van der Waals surface area contributed by atoms with Gasteiger partial charge in [0.25, 0.3) is 0 Å². The van der Waals surface area contributed by atoms with Gasteiger partial charge in [0.15, 0.2) is 0 Å². The lowest BCUT2D eigenvalue weighted by Crippen LogP contribution is -2.21. The Balaban J connectivity index is 1.72. The van der Waals surface area contributed by atoms with Gasteiger partial charge >= 0.3 is 0 Å². The van der Waals surface area contributed by atoms with E-state index in [9.17, 15) is 9.18 Å². The molecule has 22 heavy (non-hydrogen) atoms. The van der Waals surface area contributed by atoms with Crippen LogP contribution in [0.15, 0.2) is 42.5 Å². The van der Waals surface area contributed by atoms with Crippen LogP contribution < -0.4 is 10.6 Å². The lowest BCUT2D eigenvalue weighted by molar-refractivity contribution is -0.116. The van der Waals surface area contributed by atoms with Gasteiger partial charge in [-0.2, -0.15) is 0 Å². The SMILES string of the molecule is O=C(CCNCc1ccc(F)cc1)Nc1ccc(Cl)cc1Cl. The van der Waals surface area contributed by atoms with Gasteiger partial charge in [-0.3, -0.25) is 4.79 Å². The average Bonchev–Trinajstić information content (AvgIpc) is 2.48. The van der Waals surface area contributed by atoms with Crippen LogP contribution in [0.2, 0.25) is 10.0 Å². The molecule has 2 N–H and O–H groups in total. The highest BCUT2D eigenvalue weighted by molar-refractivity contribution is 6.36. The van der Waals surface area contributed by atoms with E-state index < -0.39 is 0 Å². The van der Waals surface area contributed by atoms with Crippen molar-refractivity contribution in [3.05, 3.63) is 63.9 Å². The molecule has 0 aliphatic rings. The quantitative estimate of drug-likeness (QED) is 0.771. The maximum absolute atomic E-state index is 12.8. The van der Waals surface area contributed by atoms with E-state index in [1.807, 2.05) is 0 Å². The third-order valence-electron chi connectivity index (χ3n) is 2.98. The Hall–Kier alpha value is -1.62. The molecule has 1 amide bonds. The Morgan fingerprint density at radius 2 is 1.82 bits per heavy atom. The minimum atomic E-state index is -0.261. The zero-order chi connectivity index (χ0) is 15.9. The van der Waals surface area contributed by atoms with Gasteiger partial charge in [0.05, 0.1) is 10.7 Å². The smallest absolute Gasteiger partial charge is 0.225 e. The molecule has 2 aromatic carbocycles. The Kier molecular flexibility index (Phi) is 6.19. The van der Waals surface area contributed by atoms with Crippen LogP contribution in [0.25, 0.3) is 0 Å².